The van der Waals surface area contributed by atoms with E-state index in [2.05, 4.69) is 13.0 Å². The van der Waals surface area contributed by atoms with E-state index in [1.54, 1.807) is 0 Å². The van der Waals surface area contributed by atoms with E-state index in [9.17, 15) is 0 Å². The van der Waals surface area contributed by atoms with Crippen LogP contribution in [0, 0.1) is 0 Å². The van der Waals surface area contributed by atoms with E-state index in [1.807, 2.05) is 36.4 Å². The fourth-order valence-corrected chi connectivity index (χ4v) is 2.14. The van der Waals surface area contributed by atoms with Crippen molar-refractivity contribution in [3.8, 4) is 11.1 Å². The van der Waals surface area contributed by atoms with Gasteiger partial charge < -0.3 is 0 Å². The van der Waals surface area contributed by atoms with E-state index in [1.165, 1.54) is 5.56 Å². The van der Waals surface area contributed by atoms with Gasteiger partial charge in [-0.15, -0.1) is 0 Å². The highest BCUT2D eigenvalue weighted by Crippen LogP contribution is 2.33. The molecule has 0 aliphatic heterocycles. The molecule has 0 nitrogen and oxygen atoms in total. The van der Waals surface area contributed by atoms with Crippen LogP contribution >= 0.6 is 23.2 Å². The molecule has 0 radical (unpaired) electrons. The molecule has 0 amide bonds. The van der Waals surface area contributed by atoms with Gasteiger partial charge in [-0.3, -0.25) is 0 Å². The molecular formula is C14H12Cl2. The van der Waals surface area contributed by atoms with Crippen molar-refractivity contribution in [1.29, 1.82) is 0 Å². The van der Waals surface area contributed by atoms with Crippen LogP contribution in [0.15, 0.2) is 42.5 Å². The molecule has 0 heterocycles. The summed E-state index contributed by atoms with van der Waals surface area (Å²) in [5, 5.41) is 1.47. The lowest BCUT2D eigenvalue weighted by Crippen LogP contribution is -1.85. The maximum Gasteiger partial charge on any atom is 0.0485 e. The molecule has 0 saturated heterocycles. The van der Waals surface area contributed by atoms with E-state index < -0.39 is 0 Å². The van der Waals surface area contributed by atoms with Crippen LogP contribution in [0.25, 0.3) is 11.1 Å². The van der Waals surface area contributed by atoms with Crippen molar-refractivity contribution in [2.75, 3.05) is 0 Å². The van der Waals surface area contributed by atoms with Crippen molar-refractivity contribution in [3.05, 3.63) is 58.1 Å². The summed E-state index contributed by atoms with van der Waals surface area (Å²) >= 11 is 12.4. The highest BCUT2D eigenvalue weighted by Gasteiger charge is 2.07. The molecule has 16 heavy (non-hydrogen) atoms. The van der Waals surface area contributed by atoms with Gasteiger partial charge >= 0.3 is 0 Å². The van der Waals surface area contributed by atoms with E-state index in [0.717, 1.165) is 27.6 Å². The van der Waals surface area contributed by atoms with E-state index in [4.69, 9.17) is 23.2 Å². The maximum atomic E-state index is 6.20. The van der Waals surface area contributed by atoms with Gasteiger partial charge in [0.05, 0.1) is 0 Å². The van der Waals surface area contributed by atoms with Gasteiger partial charge in [-0.2, -0.15) is 0 Å². The third-order valence-corrected chi connectivity index (χ3v) is 3.26. The highest BCUT2D eigenvalue weighted by molar-refractivity contribution is 6.36. The van der Waals surface area contributed by atoms with Crippen LogP contribution in [-0.2, 0) is 6.42 Å². The molecule has 0 aliphatic rings. The van der Waals surface area contributed by atoms with Crippen molar-refractivity contribution in [2.45, 2.75) is 13.3 Å². The van der Waals surface area contributed by atoms with E-state index in [0.29, 0.717) is 0 Å². The Kier molecular flexibility index (Phi) is 3.52. The Hall–Kier alpha value is -0.980. The van der Waals surface area contributed by atoms with Crippen molar-refractivity contribution in [3.63, 3.8) is 0 Å². The van der Waals surface area contributed by atoms with Gasteiger partial charge in [0.2, 0.25) is 0 Å². The molecule has 0 unspecified atom stereocenters. The third kappa shape index (κ3) is 2.23. The topological polar surface area (TPSA) is 0 Å². The molecule has 0 spiro atoms. The fourth-order valence-electron chi connectivity index (χ4n) is 1.68. The Morgan fingerprint density at radius 2 is 1.56 bits per heavy atom. The van der Waals surface area contributed by atoms with E-state index >= 15 is 0 Å². The van der Waals surface area contributed by atoms with Gasteiger partial charge in [-0.25, -0.2) is 0 Å². The summed E-state index contributed by atoms with van der Waals surface area (Å²) in [6, 6.07) is 13.8. The predicted octanol–water partition coefficient (Wildman–Crippen LogP) is 5.22. The molecule has 2 heteroatoms. The average molecular weight is 251 g/mol. The fraction of sp³-hybridized carbons (Fsp3) is 0.143. The highest BCUT2D eigenvalue weighted by atomic mass is 35.5. The van der Waals surface area contributed by atoms with Crippen LogP contribution in [0.5, 0.6) is 0 Å². The van der Waals surface area contributed by atoms with Crippen LogP contribution in [0.3, 0.4) is 0 Å². The third-order valence-electron chi connectivity index (χ3n) is 2.60. The molecule has 82 valence electrons. The first-order chi connectivity index (χ1) is 7.72. The van der Waals surface area contributed by atoms with Crippen molar-refractivity contribution < 1.29 is 0 Å². The van der Waals surface area contributed by atoms with Crippen LogP contribution in [0.2, 0.25) is 10.0 Å². The largest absolute Gasteiger partial charge is 0.0837 e. The lowest BCUT2D eigenvalue weighted by molar-refractivity contribution is 1.14. The Labute approximate surface area is 106 Å². The maximum absolute atomic E-state index is 6.20. The minimum absolute atomic E-state index is 0.734. The number of aryl methyl sites for hydroxylation is 1. The molecule has 0 saturated carbocycles. The molecule has 0 atom stereocenters. The number of hydrogen-bond donors (Lipinski definition) is 0. The van der Waals surface area contributed by atoms with Crippen LogP contribution in [0.1, 0.15) is 12.5 Å². The number of hydrogen-bond acceptors (Lipinski definition) is 0. The molecular weight excluding hydrogens is 239 g/mol. The van der Waals surface area contributed by atoms with Gasteiger partial charge in [-0.05, 0) is 30.2 Å². The lowest BCUT2D eigenvalue weighted by atomic mass is 10.0. The van der Waals surface area contributed by atoms with Gasteiger partial charge in [0.25, 0.3) is 0 Å². The molecule has 0 bridgehead atoms. The van der Waals surface area contributed by atoms with Gasteiger partial charge in [0.1, 0.15) is 0 Å². The minimum Gasteiger partial charge on any atom is -0.0837 e. The number of benzene rings is 2. The van der Waals surface area contributed by atoms with Gasteiger partial charge in [0, 0.05) is 21.2 Å². The van der Waals surface area contributed by atoms with Crippen LogP contribution < -0.4 is 0 Å². The predicted molar refractivity (Wildman–Crippen MR) is 71.3 cm³/mol. The normalized spacial score (nSPS) is 10.4. The molecule has 0 aromatic heterocycles. The van der Waals surface area contributed by atoms with Gasteiger partial charge in [0.15, 0.2) is 0 Å². The summed E-state index contributed by atoms with van der Waals surface area (Å²) in [5.74, 6) is 0. The molecule has 0 fully saturated rings. The first kappa shape index (κ1) is 11.5. The average Bonchev–Trinajstić information content (AvgIpc) is 2.31. The zero-order valence-corrected chi connectivity index (χ0v) is 10.5. The summed E-state index contributed by atoms with van der Waals surface area (Å²) in [4.78, 5) is 0. The van der Waals surface area contributed by atoms with Crippen molar-refractivity contribution >= 4 is 23.2 Å². The zero-order chi connectivity index (χ0) is 11.5. The van der Waals surface area contributed by atoms with Crippen molar-refractivity contribution in [1.82, 2.24) is 0 Å². The SMILES string of the molecule is CCc1ccc(Cl)c(-c2ccccc2Cl)c1. The minimum atomic E-state index is 0.734. The zero-order valence-electron chi connectivity index (χ0n) is 9.00. The van der Waals surface area contributed by atoms with E-state index in [-0.39, 0.29) is 0 Å². The van der Waals surface area contributed by atoms with Gasteiger partial charge in [-0.1, -0.05) is 54.4 Å². The Morgan fingerprint density at radius 3 is 2.25 bits per heavy atom. The quantitative estimate of drug-likeness (QED) is 0.686. The Morgan fingerprint density at radius 1 is 0.875 bits per heavy atom. The summed E-state index contributed by atoms with van der Waals surface area (Å²) in [6.07, 6.45) is 0.995. The summed E-state index contributed by atoms with van der Waals surface area (Å²) in [7, 11) is 0. The molecule has 0 aliphatic carbocycles. The van der Waals surface area contributed by atoms with Crippen LogP contribution in [-0.4, -0.2) is 0 Å². The van der Waals surface area contributed by atoms with Crippen molar-refractivity contribution in [2.24, 2.45) is 0 Å². The first-order valence-corrected chi connectivity index (χ1v) is 6.01. The Bertz CT molecular complexity index is 504. The Balaban J connectivity index is 2.59. The number of rotatable bonds is 2. The molecule has 2 aromatic rings. The standard InChI is InChI=1S/C14H12Cl2/c1-2-10-7-8-14(16)12(9-10)11-5-3-4-6-13(11)15/h3-9H,2H2,1H3. The second-order valence-electron chi connectivity index (χ2n) is 3.65. The molecule has 2 rings (SSSR count). The summed E-state index contributed by atoms with van der Waals surface area (Å²) < 4.78 is 0. The monoisotopic (exact) mass is 250 g/mol. The molecule has 0 N–H and O–H groups in total. The smallest absolute Gasteiger partial charge is 0.0485 e. The lowest BCUT2D eigenvalue weighted by Gasteiger charge is -2.08. The molecule has 2 aromatic carbocycles. The second-order valence-corrected chi connectivity index (χ2v) is 4.46. The number of halogens is 2. The summed E-state index contributed by atoms with van der Waals surface area (Å²) in [6.45, 7) is 2.12. The second kappa shape index (κ2) is 4.90. The van der Waals surface area contributed by atoms with Crippen LogP contribution in [0.4, 0.5) is 0 Å². The summed E-state index contributed by atoms with van der Waals surface area (Å²) in [5.41, 5.74) is 3.26. The first-order valence-electron chi connectivity index (χ1n) is 5.25.